The number of carbonyl (C=O) groups excluding carboxylic acids is 1. The summed E-state index contributed by atoms with van der Waals surface area (Å²) in [4.78, 5) is 13.5. The summed E-state index contributed by atoms with van der Waals surface area (Å²) in [7, 11) is 1.76. The maximum atomic E-state index is 11.8. The van der Waals surface area contributed by atoms with E-state index < -0.39 is 0 Å². The number of likely N-dealkylation sites (N-methyl/N-ethyl adjacent to an activating group) is 1. The lowest BCUT2D eigenvalue weighted by Gasteiger charge is -2.22. The molecule has 1 rings (SSSR count). The number of nitriles is 1. The van der Waals surface area contributed by atoms with Gasteiger partial charge in [-0.1, -0.05) is 6.92 Å². The van der Waals surface area contributed by atoms with Crippen molar-refractivity contribution in [2.24, 2.45) is 5.92 Å². The van der Waals surface area contributed by atoms with E-state index in [4.69, 9.17) is 5.26 Å². The van der Waals surface area contributed by atoms with Crippen molar-refractivity contribution in [2.75, 3.05) is 20.1 Å². The Bertz CT molecular complexity index is 246. The van der Waals surface area contributed by atoms with Crippen LogP contribution in [0.5, 0.6) is 0 Å². The molecule has 0 aromatic rings. The zero-order valence-electron chi connectivity index (χ0n) is 8.79. The molecule has 4 nitrogen and oxygen atoms in total. The molecule has 1 fully saturated rings. The van der Waals surface area contributed by atoms with Crippen LogP contribution in [0.25, 0.3) is 0 Å². The molecule has 0 saturated carbocycles. The number of carbonyl (C=O) groups is 1. The topological polar surface area (TPSA) is 56.1 Å². The average Bonchev–Trinajstić information content (AvgIpc) is 2.59. The fourth-order valence-corrected chi connectivity index (χ4v) is 1.73. The lowest BCUT2D eigenvalue weighted by Crippen LogP contribution is -2.44. The van der Waals surface area contributed by atoms with Gasteiger partial charge in [0.1, 0.15) is 0 Å². The number of nitrogens with zero attached hydrogens (tertiary/aromatic N) is 2. The maximum Gasteiger partial charge on any atom is 0.239 e. The molecule has 1 saturated heterocycles. The van der Waals surface area contributed by atoms with Gasteiger partial charge in [0.25, 0.3) is 0 Å². The van der Waals surface area contributed by atoms with Crippen molar-refractivity contribution in [3.05, 3.63) is 0 Å². The molecule has 4 heteroatoms. The van der Waals surface area contributed by atoms with Crippen molar-refractivity contribution in [3.8, 4) is 6.07 Å². The van der Waals surface area contributed by atoms with Gasteiger partial charge < -0.3 is 10.2 Å². The summed E-state index contributed by atoms with van der Waals surface area (Å²) < 4.78 is 0. The minimum Gasteiger partial charge on any atom is -0.343 e. The van der Waals surface area contributed by atoms with Crippen molar-refractivity contribution >= 4 is 5.91 Å². The van der Waals surface area contributed by atoms with Gasteiger partial charge in [-0.15, -0.1) is 0 Å². The lowest BCUT2D eigenvalue weighted by atomic mass is 10.0. The van der Waals surface area contributed by atoms with Gasteiger partial charge in [-0.25, -0.2) is 0 Å². The first kappa shape index (κ1) is 11.0. The molecule has 1 aliphatic heterocycles. The SMILES string of the molecule is CC1CCNC1C(=O)N(C)CCC#N. The van der Waals surface area contributed by atoms with E-state index in [-0.39, 0.29) is 11.9 Å². The molecule has 1 heterocycles. The van der Waals surface area contributed by atoms with Gasteiger partial charge >= 0.3 is 0 Å². The summed E-state index contributed by atoms with van der Waals surface area (Å²) >= 11 is 0. The second kappa shape index (κ2) is 4.97. The first-order chi connectivity index (χ1) is 6.66. The van der Waals surface area contributed by atoms with Crippen LogP contribution in [0.2, 0.25) is 0 Å². The molecule has 2 unspecified atom stereocenters. The quantitative estimate of drug-likeness (QED) is 0.707. The Labute approximate surface area is 84.9 Å². The van der Waals surface area contributed by atoms with Crippen LogP contribution in [0.15, 0.2) is 0 Å². The second-order valence-electron chi connectivity index (χ2n) is 3.87. The molecular formula is C10H17N3O. The van der Waals surface area contributed by atoms with Crippen LogP contribution >= 0.6 is 0 Å². The molecule has 1 amide bonds. The molecule has 2 atom stereocenters. The zero-order chi connectivity index (χ0) is 10.6. The van der Waals surface area contributed by atoms with Crippen molar-refractivity contribution < 1.29 is 4.79 Å². The molecule has 0 aromatic carbocycles. The van der Waals surface area contributed by atoms with E-state index in [1.165, 1.54) is 0 Å². The predicted molar refractivity (Wildman–Crippen MR) is 53.4 cm³/mol. The van der Waals surface area contributed by atoms with E-state index in [0.717, 1.165) is 13.0 Å². The Kier molecular flexibility index (Phi) is 3.90. The lowest BCUT2D eigenvalue weighted by molar-refractivity contribution is -0.132. The molecule has 0 bridgehead atoms. The summed E-state index contributed by atoms with van der Waals surface area (Å²) in [5.74, 6) is 0.525. The summed E-state index contributed by atoms with van der Waals surface area (Å²) in [5, 5.41) is 11.6. The molecule has 1 N–H and O–H groups in total. The molecule has 78 valence electrons. The van der Waals surface area contributed by atoms with Crippen LogP contribution in [-0.2, 0) is 4.79 Å². The number of hydrogen-bond acceptors (Lipinski definition) is 3. The van der Waals surface area contributed by atoms with Crippen LogP contribution in [-0.4, -0.2) is 37.0 Å². The minimum absolute atomic E-state index is 0.0429. The Morgan fingerprint density at radius 2 is 2.43 bits per heavy atom. The van der Waals surface area contributed by atoms with Gasteiger partial charge in [0.15, 0.2) is 0 Å². The molecule has 1 aliphatic rings. The maximum absolute atomic E-state index is 11.8. The number of amides is 1. The first-order valence-electron chi connectivity index (χ1n) is 5.02. The van der Waals surface area contributed by atoms with Gasteiger partial charge in [-0.05, 0) is 18.9 Å². The van der Waals surface area contributed by atoms with Crippen LogP contribution < -0.4 is 5.32 Å². The van der Waals surface area contributed by atoms with Gasteiger partial charge in [0.2, 0.25) is 5.91 Å². The fraction of sp³-hybridized carbons (Fsp3) is 0.800. The van der Waals surface area contributed by atoms with Crippen molar-refractivity contribution in [3.63, 3.8) is 0 Å². The highest BCUT2D eigenvalue weighted by atomic mass is 16.2. The van der Waals surface area contributed by atoms with E-state index in [1.807, 2.05) is 6.07 Å². The Balaban J connectivity index is 2.44. The van der Waals surface area contributed by atoms with Crippen LogP contribution in [0, 0.1) is 17.2 Å². The van der Waals surface area contributed by atoms with E-state index in [0.29, 0.717) is 18.9 Å². The van der Waals surface area contributed by atoms with Gasteiger partial charge in [-0.2, -0.15) is 5.26 Å². The second-order valence-corrected chi connectivity index (χ2v) is 3.87. The van der Waals surface area contributed by atoms with E-state index in [1.54, 1.807) is 11.9 Å². The van der Waals surface area contributed by atoms with Gasteiger partial charge in [-0.3, -0.25) is 4.79 Å². The van der Waals surface area contributed by atoms with Crippen LogP contribution in [0.1, 0.15) is 19.8 Å². The van der Waals surface area contributed by atoms with E-state index in [9.17, 15) is 4.79 Å². The summed E-state index contributed by atoms with van der Waals surface area (Å²) in [6.07, 6.45) is 1.46. The molecule has 0 spiro atoms. The smallest absolute Gasteiger partial charge is 0.239 e. The minimum atomic E-state index is -0.0429. The largest absolute Gasteiger partial charge is 0.343 e. The van der Waals surface area contributed by atoms with E-state index in [2.05, 4.69) is 12.2 Å². The molecular weight excluding hydrogens is 178 g/mol. The summed E-state index contributed by atoms with van der Waals surface area (Å²) in [6.45, 7) is 3.53. The third-order valence-corrected chi connectivity index (χ3v) is 2.73. The first-order valence-corrected chi connectivity index (χ1v) is 5.02. The number of hydrogen-bond donors (Lipinski definition) is 1. The Morgan fingerprint density at radius 3 is 2.93 bits per heavy atom. The van der Waals surface area contributed by atoms with Gasteiger partial charge in [0.05, 0.1) is 18.5 Å². The fourth-order valence-electron chi connectivity index (χ4n) is 1.73. The van der Waals surface area contributed by atoms with Crippen molar-refractivity contribution in [2.45, 2.75) is 25.8 Å². The highest BCUT2D eigenvalue weighted by Crippen LogP contribution is 2.15. The molecule has 0 radical (unpaired) electrons. The molecule has 0 aromatic heterocycles. The zero-order valence-corrected chi connectivity index (χ0v) is 8.79. The van der Waals surface area contributed by atoms with Crippen molar-refractivity contribution in [1.29, 1.82) is 5.26 Å². The Morgan fingerprint density at radius 1 is 1.71 bits per heavy atom. The Hall–Kier alpha value is -1.08. The highest BCUT2D eigenvalue weighted by Gasteiger charge is 2.30. The summed E-state index contributed by atoms with van der Waals surface area (Å²) in [5.41, 5.74) is 0. The average molecular weight is 195 g/mol. The van der Waals surface area contributed by atoms with Gasteiger partial charge in [0, 0.05) is 13.6 Å². The predicted octanol–water partition coefficient (Wildman–Crippen LogP) is 0.356. The van der Waals surface area contributed by atoms with Crippen molar-refractivity contribution in [1.82, 2.24) is 10.2 Å². The molecule has 0 aliphatic carbocycles. The molecule has 14 heavy (non-hydrogen) atoms. The monoisotopic (exact) mass is 195 g/mol. The third-order valence-electron chi connectivity index (χ3n) is 2.73. The van der Waals surface area contributed by atoms with Crippen LogP contribution in [0.4, 0.5) is 0 Å². The van der Waals surface area contributed by atoms with Crippen LogP contribution in [0.3, 0.4) is 0 Å². The summed E-state index contributed by atoms with van der Waals surface area (Å²) in [6, 6.07) is 2.00. The normalized spacial score (nSPS) is 25.8. The number of nitrogens with one attached hydrogen (secondary N) is 1. The third kappa shape index (κ3) is 2.46. The van der Waals surface area contributed by atoms with E-state index >= 15 is 0 Å². The standard InChI is InChI=1S/C10H17N3O/c1-8-4-6-12-9(8)10(14)13(2)7-3-5-11/h8-9,12H,3-4,6-7H2,1-2H3. The number of rotatable bonds is 3. The highest BCUT2D eigenvalue weighted by molar-refractivity contribution is 5.82.